The molecule has 1 saturated heterocycles. The van der Waals surface area contributed by atoms with E-state index in [4.69, 9.17) is 17.0 Å². The van der Waals surface area contributed by atoms with E-state index in [1.54, 1.807) is 11.8 Å². The van der Waals surface area contributed by atoms with Gasteiger partial charge in [-0.15, -0.1) is 0 Å². The maximum absolute atomic E-state index is 5.52. The number of nitrogens with zero attached hydrogens (tertiary/aromatic N) is 4. The lowest BCUT2D eigenvalue weighted by atomic mass is 10.00. The highest BCUT2D eigenvalue weighted by Crippen LogP contribution is 2.14. The van der Waals surface area contributed by atoms with Crippen molar-refractivity contribution in [2.75, 3.05) is 20.2 Å². The van der Waals surface area contributed by atoms with Crippen LogP contribution in [0.4, 0.5) is 0 Å². The Morgan fingerprint density at radius 1 is 1.23 bits per heavy atom. The lowest BCUT2D eigenvalue weighted by Gasteiger charge is -2.26. The molecule has 1 aromatic carbocycles. The smallest absolute Gasteiger partial charge is 0.225 e. The molecule has 0 spiro atoms. The quantitative estimate of drug-likeness (QED) is 0.857. The lowest BCUT2D eigenvalue weighted by molar-refractivity contribution is -0.929. The zero-order valence-electron chi connectivity index (χ0n) is 13.0. The van der Waals surface area contributed by atoms with Gasteiger partial charge in [-0.3, -0.25) is 0 Å². The molecular weight excluding hydrogens is 298 g/mol. The fourth-order valence-corrected chi connectivity index (χ4v) is 3.04. The molecule has 118 valence electrons. The van der Waals surface area contributed by atoms with Gasteiger partial charge in [0.1, 0.15) is 5.75 Å². The van der Waals surface area contributed by atoms with Crippen LogP contribution in [0.1, 0.15) is 19.8 Å². The number of nitrogens with one attached hydrogen (secondary N) is 1. The number of ether oxygens (including phenoxy) is 1. The summed E-state index contributed by atoms with van der Waals surface area (Å²) < 4.78 is 9.32. The molecule has 0 amide bonds. The van der Waals surface area contributed by atoms with Gasteiger partial charge in [-0.25, -0.2) is 0 Å². The average molecular weight is 320 g/mol. The molecule has 3 rings (SSSR count). The van der Waals surface area contributed by atoms with Crippen LogP contribution in [0.5, 0.6) is 5.75 Å². The molecule has 7 heteroatoms. The van der Waals surface area contributed by atoms with Crippen LogP contribution in [0.25, 0.3) is 5.69 Å². The number of hydrogen-bond acceptors (Lipinski definition) is 4. The highest BCUT2D eigenvalue weighted by atomic mass is 32.1. The van der Waals surface area contributed by atoms with Gasteiger partial charge in [-0.1, -0.05) is 6.92 Å². The van der Waals surface area contributed by atoms with E-state index >= 15 is 0 Å². The van der Waals surface area contributed by atoms with Crippen LogP contribution in [0.2, 0.25) is 0 Å². The first kappa shape index (κ1) is 15.2. The Kier molecular flexibility index (Phi) is 4.54. The number of benzene rings is 1. The van der Waals surface area contributed by atoms with E-state index in [2.05, 4.69) is 17.4 Å². The summed E-state index contributed by atoms with van der Waals surface area (Å²) in [5.74, 6) is 1.65. The Morgan fingerprint density at radius 3 is 2.55 bits per heavy atom. The van der Waals surface area contributed by atoms with Gasteiger partial charge in [0, 0.05) is 0 Å². The number of likely N-dealkylation sites (tertiary alicyclic amines) is 1. The van der Waals surface area contributed by atoms with Gasteiger partial charge in [-0.05, 0) is 65.7 Å². The molecule has 1 aliphatic heterocycles. The molecule has 1 aromatic heterocycles. The molecular formula is C15H22N5OS+. The SMILES string of the molecule is COc1ccc(-n2nnn(C[NH+]3CCC(C)CC3)c2=S)cc1. The maximum Gasteiger partial charge on any atom is 0.225 e. The zero-order valence-corrected chi connectivity index (χ0v) is 13.8. The van der Waals surface area contributed by atoms with Crippen LogP contribution in [-0.4, -0.2) is 40.0 Å². The predicted molar refractivity (Wildman–Crippen MR) is 85.8 cm³/mol. The standard InChI is InChI=1S/C15H21N5OS/c1-12-7-9-18(10-8-12)11-19-15(22)20(17-16-19)13-3-5-14(21-2)6-4-13/h3-6,12H,7-11H2,1-2H3/p+1. The number of aromatic nitrogens is 4. The van der Waals surface area contributed by atoms with Crippen molar-refractivity contribution in [3.05, 3.63) is 29.0 Å². The number of methoxy groups -OCH3 is 1. The third kappa shape index (κ3) is 3.20. The van der Waals surface area contributed by atoms with Crippen molar-refractivity contribution in [3.8, 4) is 11.4 Å². The van der Waals surface area contributed by atoms with Gasteiger partial charge < -0.3 is 9.64 Å². The van der Waals surface area contributed by atoms with E-state index < -0.39 is 0 Å². The van der Waals surface area contributed by atoms with E-state index in [1.807, 2.05) is 28.9 Å². The number of tetrazole rings is 1. The van der Waals surface area contributed by atoms with Crippen LogP contribution in [0.3, 0.4) is 0 Å². The van der Waals surface area contributed by atoms with Crippen molar-refractivity contribution in [2.45, 2.75) is 26.4 Å². The third-order valence-electron chi connectivity index (χ3n) is 4.31. The lowest BCUT2D eigenvalue weighted by Crippen LogP contribution is -3.12. The normalized spacial score (nSPS) is 21.7. The third-order valence-corrected chi connectivity index (χ3v) is 4.69. The van der Waals surface area contributed by atoms with Gasteiger partial charge in [0.15, 0.2) is 6.67 Å². The Hall–Kier alpha value is -1.73. The zero-order chi connectivity index (χ0) is 15.5. The van der Waals surface area contributed by atoms with E-state index in [1.165, 1.54) is 30.8 Å². The second-order valence-electron chi connectivity index (χ2n) is 5.96. The summed E-state index contributed by atoms with van der Waals surface area (Å²) in [4.78, 5) is 1.52. The largest absolute Gasteiger partial charge is 0.497 e. The monoisotopic (exact) mass is 320 g/mol. The molecule has 22 heavy (non-hydrogen) atoms. The molecule has 6 nitrogen and oxygen atoms in total. The average Bonchev–Trinajstić information content (AvgIpc) is 2.91. The number of quaternary nitrogens is 1. The van der Waals surface area contributed by atoms with E-state index in [0.717, 1.165) is 24.0 Å². The molecule has 0 atom stereocenters. The summed E-state index contributed by atoms with van der Waals surface area (Å²) in [5, 5.41) is 8.41. The summed E-state index contributed by atoms with van der Waals surface area (Å²) in [6.07, 6.45) is 2.55. The first-order valence-corrected chi connectivity index (χ1v) is 8.09. The van der Waals surface area contributed by atoms with Crippen LogP contribution >= 0.6 is 12.2 Å². The fraction of sp³-hybridized carbons (Fsp3) is 0.533. The molecule has 0 aliphatic carbocycles. The van der Waals surface area contributed by atoms with E-state index in [9.17, 15) is 0 Å². The van der Waals surface area contributed by atoms with Crippen molar-refractivity contribution < 1.29 is 9.64 Å². The summed E-state index contributed by atoms with van der Waals surface area (Å²) in [6.45, 7) is 5.47. The minimum absolute atomic E-state index is 0.635. The van der Waals surface area contributed by atoms with Crippen LogP contribution in [-0.2, 0) is 6.67 Å². The molecule has 1 fully saturated rings. The molecule has 0 radical (unpaired) electrons. The van der Waals surface area contributed by atoms with Crippen LogP contribution in [0.15, 0.2) is 24.3 Å². The van der Waals surface area contributed by atoms with Crippen molar-refractivity contribution in [1.82, 2.24) is 19.8 Å². The van der Waals surface area contributed by atoms with Gasteiger partial charge in [-0.2, -0.15) is 9.36 Å². The van der Waals surface area contributed by atoms with Crippen molar-refractivity contribution >= 4 is 12.2 Å². The molecule has 0 saturated carbocycles. The van der Waals surface area contributed by atoms with Gasteiger partial charge in [0.25, 0.3) is 0 Å². The molecule has 0 unspecified atom stereocenters. The van der Waals surface area contributed by atoms with Crippen molar-refractivity contribution in [2.24, 2.45) is 5.92 Å². The predicted octanol–water partition coefficient (Wildman–Crippen LogP) is 1.08. The summed E-state index contributed by atoms with van der Waals surface area (Å²) >= 11 is 5.52. The first-order chi connectivity index (χ1) is 10.7. The van der Waals surface area contributed by atoms with Crippen LogP contribution < -0.4 is 9.64 Å². The second kappa shape index (κ2) is 6.58. The Bertz CT molecular complexity index is 670. The van der Waals surface area contributed by atoms with Crippen molar-refractivity contribution in [3.63, 3.8) is 0 Å². The minimum Gasteiger partial charge on any atom is -0.497 e. The molecule has 0 bridgehead atoms. The number of hydrogen-bond donors (Lipinski definition) is 1. The van der Waals surface area contributed by atoms with Gasteiger partial charge >= 0.3 is 0 Å². The minimum atomic E-state index is 0.635. The summed E-state index contributed by atoms with van der Waals surface area (Å²) in [6, 6.07) is 7.66. The van der Waals surface area contributed by atoms with Crippen LogP contribution in [0, 0.1) is 10.7 Å². The topological polar surface area (TPSA) is 49.3 Å². The first-order valence-electron chi connectivity index (χ1n) is 7.68. The molecule has 2 aromatic rings. The maximum atomic E-state index is 5.52. The van der Waals surface area contributed by atoms with Gasteiger partial charge in [0.05, 0.1) is 25.9 Å². The van der Waals surface area contributed by atoms with E-state index in [-0.39, 0.29) is 0 Å². The van der Waals surface area contributed by atoms with Crippen molar-refractivity contribution in [1.29, 1.82) is 0 Å². The van der Waals surface area contributed by atoms with Gasteiger partial charge in [0.2, 0.25) is 4.77 Å². The second-order valence-corrected chi connectivity index (χ2v) is 6.33. The van der Waals surface area contributed by atoms with E-state index in [0.29, 0.717) is 4.77 Å². The Morgan fingerprint density at radius 2 is 1.91 bits per heavy atom. The fourth-order valence-electron chi connectivity index (χ4n) is 2.80. The molecule has 1 aliphatic rings. The summed E-state index contributed by atoms with van der Waals surface area (Å²) in [7, 11) is 1.65. The number of piperidine rings is 1. The highest BCUT2D eigenvalue weighted by molar-refractivity contribution is 7.71. The molecule has 2 heterocycles. The Balaban J connectivity index is 1.75. The summed E-state index contributed by atoms with van der Waals surface area (Å²) in [5.41, 5.74) is 0.902. The highest BCUT2D eigenvalue weighted by Gasteiger charge is 2.20. The molecule has 1 N–H and O–H groups in total. The number of rotatable bonds is 4. The Labute approximate surface area is 135 Å².